The van der Waals surface area contributed by atoms with Crippen LogP contribution in [0.3, 0.4) is 0 Å². The summed E-state index contributed by atoms with van der Waals surface area (Å²) in [7, 11) is 0. The first kappa shape index (κ1) is 10.1. The number of nitrogens with one attached hydrogen (secondary N) is 1. The Morgan fingerprint density at radius 3 is 3.00 bits per heavy atom. The van der Waals surface area contributed by atoms with Crippen LogP contribution >= 0.6 is 24.8 Å². The predicted octanol–water partition coefficient (Wildman–Crippen LogP) is 2.68. The van der Waals surface area contributed by atoms with E-state index in [1.165, 1.54) is 25.7 Å². The lowest BCUT2D eigenvalue weighted by Crippen LogP contribution is -2.18. The minimum Gasteiger partial charge on any atom is -0.371 e. The quantitative estimate of drug-likeness (QED) is 0.414. The van der Waals surface area contributed by atoms with Gasteiger partial charge in [-0.05, 0) is 32.1 Å². The predicted molar refractivity (Wildman–Crippen MR) is 60.8 cm³/mol. The molecule has 0 radical (unpaired) electrons. The molecule has 0 bridgehead atoms. The summed E-state index contributed by atoms with van der Waals surface area (Å²) in [6.45, 7) is 0.939. The molecule has 12 heavy (non-hydrogen) atoms. The topological polar surface area (TPSA) is 12.0 Å². The highest BCUT2D eigenvalue weighted by atomic mass is 32.1. The monoisotopic (exact) mass is 201 g/mol. The van der Waals surface area contributed by atoms with Gasteiger partial charge in [-0.2, -0.15) is 0 Å². The smallest absolute Gasteiger partial charge is 0.130 e. The van der Waals surface area contributed by atoms with Gasteiger partial charge >= 0.3 is 0 Å². The highest BCUT2D eigenvalue weighted by molar-refractivity contribution is 8.11. The molecule has 0 aromatic carbocycles. The molecule has 0 amide bonds. The molecule has 0 aromatic rings. The van der Waals surface area contributed by atoms with Crippen molar-refractivity contribution in [3.8, 4) is 0 Å². The summed E-state index contributed by atoms with van der Waals surface area (Å²) in [6.07, 6.45) is 8.76. The van der Waals surface area contributed by atoms with E-state index >= 15 is 0 Å². The van der Waals surface area contributed by atoms with E-state index < -0.39 is 0 Å². The van der Waals surface area contributed by atoms with Crippen LogP contribution in [0.2, 0.25) is 0 Å². The highest BCUT2D eigenvalue weighted by Crippen LogP contribution is 2.19. The zero-order valence-electron chi connectivity index (χ0n) is 7.18. The first-order chi connectivity index (χ1) is 5.79. The van der Waals surface area contributed by atoms with Crippen molar-refractivity contribution in [2.45, 2.75) is 32.1 Å². The molecule has 1 aliphatic rings. The van der Waals surface area contributed by atoms with Crippen LogP contribution in [0.15, 0.2) is 11.6 Å². The minimum atomic E-state index is 0.603. The first-order valence-corrected chi connectivity index (χ1v) is 5.29. The third-order valence-corrected chi connectivity index (χ3v) is 2.41. The van der Waals surface area contributed by atoms with E-state index in [4.69, 9.17) is 12.2 Å². The second kappa shape index (κ2) is 5.60. The van der Waals surface area contributed by atoms with Gasteiger partial charge in [0.25, 0.3) is 0 Å². The molecule has 1 aliphatic carbocycles. The van der Waals surface area contributed by atoms with Crippen LogP contribution < -0.4 is 5.32 Å². The Bertz CT molecular complexity index is 187. The van der Waals surface area contributed by atoms with E-state index in [1.807, 2.05) is 0 Å². The van der Waals surface area contributed by atoms with Crippen LogP contribution in [0.5, 0.6) is 0 Å². The van der Waals surface area contributed by atoms with E-state index in [0.29, 0.717) is 4.32 Å². The maximum atomic E-state index is 4.80. The van der Waals surface area contributed by atoms with Gasteiger partial charge in [0.2, 0.25) is 0 Å². The minimum absolute atomic E-state index is 0.603. The van der Waals surface area contributed by atoms with Crippen molar-refractivity contribution >= 4 is 29.2 Å². The van der Waals surface area contributed by atoms with E-state index in [0.717, 1.165) is 13.0 Å². The number of hydrogen-bond acceptors (Lipinski definition) is 1. The Morgan fingerprint density at radius 2 is 2.42 bits per heavy atom. The van der Waals surface area contributed by atoms with Crippen molar-refractivity contribution in [2.75, 3.05) is 6.54 Å². The average Bonchev–Trinajstić information content (AvgIpc) is 2.05. The standard InChI is InChI=1S/C9H15NS2/c11-9(12)10-7-6-8-4-2-1-3-5-8/h4H,1-3,5-7H2,(H2,10,11,12). The van der Waals surface area contributed by atoms with Crippen molar-refractivity contribution in [1.29, 1.82) is 0 Å². The zero-order chi connectivity index (χ0) is 8.81. The molecule has 0 aliphatic heterocycles. The summed E-state index contributed by atoms with van der Waals surface area (Å²) in [5, 5.41) is 3.05. The Morgan fingerprint density at radius 1 is 1.58 bits per heavy atom. The Labute approximate surface area is 85.0 Å². The van der Waals surface area contributed by atoms with Crippen LogP contribution in [0, 0.1) is 0 Å². The summed E-state index contributed by atoms with van der Waals surface area (Å²) < 4.78 is 0.603. The number of thiocarbonyl (C=S) groups is 1. The van der Waals surface area contributed by atoms with Gasteiger partial charge in [-0.25, -0.2) is 0 Å². The van der Waals surface area contributed by atoms with Gasteiger partial charge in [0.05, 0.1) is 0 Å². The summed E-state index contributed by atoms with van der Waals surface area (Å²) >= 11 is 8.79. The van der Waals surface area contributed by atoms with Crippen LogP contribution in [0.1, 0.15) is 32.1 Å². The van der Waals surface area contributed by atoms with Gasteiger partial charge in [-0.15, -0.1) is 12.6 Å². The van der Waals surface area contributed by atoms with Crippen LogP contribution in [0.25, 0.3) is 0 Å². The molecule has 0 saturated heterocycles. The van der Waals surface area contributed by atoms with Crippen LogP contribution in [-0.4, -0.2) is 10.9 Å². The largest absolute Gasteiger partial charge is 0.371 e. The molecule has 0 unspecified atom stereocenters. The number of allylic oxidation sites excluding steroid dienone is 1. The summed E-state index contributed by atoms with van der Waals surface area (Å²) in [6, 6.07) is 0. The SMILES string of the molecule is S=C(S)NCCC1=CCCCC1. The van der Waals surface area contributed by atoms with Crippen molar-refractivity contribution in [2.24, 2.45) is 0 Å². The normalized spacial score (nSPS) is 16.9. The lowest BCUT2D eigenvalue weighted by atomic mass is 9.97. The fraction of sp³-hybridized carbons (Fsp3) is 0.667. The Hall–Kier alpha value is -0.0200. The molecular weight excluding hydrogens is 186 g/mol. The first-order valence-electron chi connectivity index (χ1n) is 4.44. The maximum absolute atomic E-state index is 4.80. The Kier molecular flexibility index (Phi) is 4.69. The second-order valence-electron chi connectivity index (χ2n) is 3.09. The lowest BCUT2D eigenvalue weighted by Gasteiger charge is -2.12. The van der Waals surface area contributed by atoms with Gasteiger partial charge in [-0.3, -0.25) is 0 Å². The third kappa shape index (κ3) is 4.12. The Balaban J connectivity index is 2.13. The van der Waals surface area contributed by atoms with Gasteiger partial charge in [-0.1, -0.05) is 23.9 Å². The molecule has 1 N–H and O–H groups in total. The van der Waals surface area contributed by atoms with Gasteiger partial charge in [0, 0.05) is 6.54 Å². The molecule has 0 fully saturated rings. The molecule has 1 rings (SSSR count). The van der Waals surface area contributed by atoms with E-state index in [-0.39, 0.29) is 0 Å². The molecular formula is C9H15NS2. The lowest BCUT2D eigenvalue weighted by molar-refractivity contribution is 0.670. The van der Waals surface area contributed by atoms with Crippen molar-refractivity contribution in [3.63, 3.8) is 0 Å². The number of thiol groups is 1. The molecule has 0 heterocycles. The van der Waals surface area contributed by atoms with Crippen molar-refractivity contribution < 1.29 is 0 Å². The van der Waals surface area contributed by atoms with Crippen molar-refractivity contribution in [1.82, 2.24) is 5.32 Å². The van der Waals surface area contributed by atoms with E-state index in [9.17, 15) is 0 Å². The molecule has 68 valence electrons. The average molecular weight is 201 g/mol. The molecule has 1 nitrogen and oxygen atoms in total. The van der Waals surface area contributed by atoms with Gasteiger partial charge < -0.3 is 5.32 Å². The molecule has 3 heteroatoms. The summed E-state index contributed by atoms with van der Waals surface area (Å²) in [4.78, 5) is 0. The number of rotatable bonds is 3. The fourth-order valence-electron chi connectivity index (χ4n) is 1.46. The molecule has 0 atom stereocenters. The summed E-state index contributed by atoms with van der Waals surface area (Å²) in [5.41, 5.74) is 1.58. The third-order valence-electron chi connectivity index (χ3n) is 2.11. The van der Waals surface area contributed by atoms with Crippen LogP contribution in [0.4, 0.5) is 0 Å². The molecule has 0 saturated carbocycles. The van der Waals surface area contributed by atoms with Gasteiger partial charge in [0.1, 0.15) is 4.32 Å². The summed E-state index contributed by atoms with van der Waals surface area (Å²) in [5.74, 6) is 0. The van der Waals surface area contributed by atoms with Gasteiger partial charge in [0.15, 0.2) is 0 Å². The second-order valence-corrected chi connectivity index (χ2v) is 4.25. The van der Waals surface area contributed by atoms with E-state index in [2.05, 4.69) is 24.0 Å². The highest BCUT2D eigenvalue weighted by Gasteiger charge is 2.02. The van der Waals surface area contributed by atoms with E-state index in [1.54, 1.807) is 5.57 Å². The maximum Gasteiger partial charge on any atom is 0.130 e. The zero-order valence-corrected chi connectivity index (χ0v) is 8.89. The fourth-order valence-corrected chi connectivity index (χ4v) is 1.68. The molecule has 0 aromatic heterocycles. The molecule has 0 spiro atoms. The number of hydrogen-bond donors (Lipinski definition) is 2. The van der Waals surface area contributed by atoms with Crippen LogP contribution in [-0.2, 0) is 0 Å². The van der Waals surface area contributed by atoms with Crippen molar-refractivity contribution in [3.05, 3.63) is 11.6 Å².